The van der Waals surface area contributed by atoms with Crippen LogP contribution in [0.25, 0.3) is 0 Å². The highest BCUT2D eigenvalue weighted by Gasteiger charge is 2.24. The molecule has 0 unspecified atom stereocenters. The standard InChI is InChI=1S/C20H29N5O/c1-8-21-17(13(2)3)18-22-15-11-9-10-14(15)19(23-18)25(7)12-16(26)24-20(4,5)6/h8H,1-2,9-12H2,3-7H3,(H,24,26). The van der Waals surface area contributed by atoms with Crippen molar-refractivity contribution in [2.24, 2.45) is 4.99 Å². The molecule has 0 spiro atoms. The van der Waals surface area contributed by atoms with Gasteiger partial charge in [-0.25, -0.2) is 9.97 Å². The van der Waals surface area contributed by atoms with Crippen LogP contribution < -0.4 is 10.2 Å². The van der Waals surface area contributed by atoms with E-state index in [4.69, 9.17) is 9.97 Å². The van der Waals surface area contributed by atoms with Gasteiger partial charge in [0.25, 0.3) is 0 Å². The number of aryl methyl sites for hydroxylation is 1. The molecule has 1 aliphatic carbocycles. The molecule has 0 aromatic carbocycles. The van der Waals surface area contributed by atoms with Gasteiger partial charge < -0.3 is 10.2 Å². The average molecular weight is 355 g/mol. The Balaban J connectivity index is 2.38. The monoisotopic (exact) mass is 355 g/mol. The van der Waals surface area contributed by atoms with Gasteiger partial charge in [-0.2, -0.15) is 0 Å². The lowest BCUT2D eigenvalue weighted by atomic mass is 10.1. The summed E-state index contributed by atoms with van der Waals surface area (Å²) < 4.78 is 0. The van der Waals surface area contributed by atoms with Gasteiger partial charge in [0.05, 0.1) is 6.54 Å². The second kappa shape index (κ2) is 7.81. The summed E-state index contributed by atoms with van der Waals surface area (Å²) in [5, 5.41) is 2.99. The number of nitrogens with zero attached hydrogens (tertiary/aromatic N) is 4. The zero-order valence-electron chi connectivity index (χ0n) is 16.5. The Labute approximate surface area is 156 Å². The molecule has 1 aromatic rings. The van der Waals surface area contributed by atoms with E-state index in [-0.39, 0.29) is 18.0 Å². The molecule has 1 N–H and O–H groups in total. The first-order valence-corrected chi connectivity index (χ1v) is 8.89. The van der Waals surface area contributed by atoms with Crippen LogP contribution in [0.2, 0.25) is 0 Å². The topological polar surface area (TPSA) is 70.5 Å². The number of rotatable bonds is 6. The third-order valence-electron chi connectivity index (χ3n) is 4.00. The van der Waals surface area contributed by atoms with Crippen LogP contribution in [0.3, 0.4) is 0 Å². The van der Waals surface area contributed by atoms with Crippen LogP contribution in [0.5, 0.6) is 0 Å². The average Bonchev–Trinajstić information content (AvgIpc) is 2.97. The third kappa shape index (κ3) is 4.77. The number of nitrogens with one attached hydrogen (secondary N) is 1. The Bertz CT molecular complexity index is 758. The maximum Gasteiger partial charge on any atom is 0.239 e. The summed E-state index contributed by atoms with van der Waals surface area (Å²) >= 11 is 0. The van der Waals surface area contributed by atoms with Crippen molar-refractivity contribution in [1.29, 1.82) is 0 Å². The zero-order chi connectivity index (χ0) is 19.5. The van der Waals surface area contributed by atoms with Gasteiger partial charge >= 0.3 is 0 Å². The summed E-state index contributed by atoms with van der Waals surface area (Å²) in [4.78, 5) is 27.9. The largest absolute Gasteiger partial charge is 0.350 e. The van der Waals surface area contributed by atoms with Crippen LogP contribution in [0, 0.1) is 0 Å². The molecule has 2 rings (SSSR count). The third-order valence-corrected chi connectivity index (χ3v) is 4.00. The number of carbonyl (C=O) groups is 1. The van der Waals surface area contributed by atoms with Crippen LogP contribution in [0.1, 0.15) is 51.2 Å². The summed E-state index contributed by atoms with van der Waals surface area (Å²) in [5.41, 5.74) is 3.30. The van der Waals surface area contributed by atoms with Crippen LogP contribution >= 0.6 is 0 Å². The molecular weight excluding hydrogens is 326 g/mol. The molecular formula is C20H29N5O. The van der Waals surface area contributed by atoms with Crippen molar-refractivity contribution in [3.05, 3.63) is 42.0 Å². The quantitative estimate of drug-likeness (QED) is 0.797. The first-order chi connectivity index (χ1) is 12.1. The van der Waals surface area contributed by atoms with Crippen molar-refractivity contribution in [2.45, 2.75) is 52.5 Å². The maximum atomic E-state index is 12.3. The lowest BCUT2D eigenvalue weighted by Gasteiger charge is -2.25. The van der Waals surface area contributed by atoms with Gasteiger partial charge in [-0.3, -0.25) is 9.79 Å². The highest BCUT2D eigenvalue weighted by Crippen LogP contribution is 2.28. The Morgan fingerprint density at radius 3 is 2.62 bits per heavy atom. The van der Waals surface area contributed by atoms with Crippen LogP contribution in [-0.4, -0.2) is 40.7 Å². The molecule has 0 fully saturated rings. The molecule has 0 atom stereocenters. The number of likely N-dealkylation sites (N-methyl/N-ethyl adjacent to an activating group) is 1. The van der Waals surface area contributed by atoms with E-state index in [1.165, 1.54) is 6.20 Å². The highest BCUT2D eigenvalue weighted by atomic mass is 16.2. The molecule has 0 saturated heterocycles. The predicted molar refractivity (Wildman–Crippen MR) is 107 cm³/mol. The number of hydrogen-bond acceptors (Lipinski definition) is 5. The summed E-state index contributed by atoms with van der Waals surface area (Å²) in [7, 11) is 1.89. The molecule has 0 bridgehead atoms. The van der Waals surface area contributed by atoms with Crippen LogP contribution in [-0.2, 0) is 17.6 Å². The molecule has 1 heterocycles. The number of hydrogen-bond donors (Lipinski definition) is 1. The van der Waals surface area contributed by atoms with Gasteiger partial charge in [0, 0.05) is 30.0 Å². The van der Waals surface area contributed by atoms with Gasteiger partial charge in [0.15, 0.2) is 5.82 Å². The molecule has 1 aliphatic rings. The number of allylic oxidation sites excluding steroid dienone is 1. The van der Waals surface area contributed by atoms with Crippen molar-refractivity contribution < 1.29 is 4.79 Å². The van der Waals surface area contributed by atoms with Crippen molar-refractivity contribution in [3.8, 4) is 0 Å². The van der Waals surface area contributed by atoms with E-state index < -0.39 is 0 Å². The maximum absolute atomic E-state index is 12.3. The number of aliphatic imine (C=N–C) groups is 1. The minimum Gasteiger partial charge on any atom is -0.350 e. The molecule has 26 heavy (non-hydrogen) atoms. The molecule has 1 aromatic heterocycles. The van der Waals surface area contributed by atoms with E-state index in [2.05, 4.69) is 23.5 Å². The van der Waals surface area contributed by atoms with Gasteiger partial charge in [-0.05, 0) is 52.5 Å². The molecule has 0 aliphatic heterocycles. The summed E-state index contributed by atoms with van der Waals surface area (Å²) in [6.07, 6.45) is 4.36. The minimum atomic E-state index is -0.263. The summed E-state index contributed by atoms with van der Waals surface area (Å²) in [6, 6.07) is 0. The Morgan fingerprint density at radius 1 is 1.35 bits per heavy atom. The second-order valence-corrected chi connectivity index (χ2v) is 7.74. The lowest BCUT2D eigenvalue weighted by molar-refractivity contribution is -0.121. The molecule has 0 radical (unpaired) electrons. The van der Waals surface area contributed by atoms with E-state index >= 15 is 0 Å². The van der Waals surface area contributed by atoms with Gasteiger partial charge in [-0.15, -0.1) is 0 Å². The van der Waals surface area contributed by atoms with Crippen molar-refractivity contribution in [3.63, 3.8) is 0 Å². The smallest absolute Gasteiger partial charge is 0.239 e. The van der Waals surface area contributed by atoms with Crippen molar-refractivity contribution in [2.75, 3.05) is 18.5 Å². The van der Waals surface area contributed by atoms with E-state index in [1.54, 1.807) is 0 Å². The summed E-state index contributed by atoms with van der Waals surface area (Å²) in [6.45, 7) is 15.7. The zero-order valence-corrected chi connectivity index (χ0v) is 16.5. The van der Waals surface area contributed by atoms with Crippen molar-refractivity contribution >= 4 is 17.4 Å². The van der Waals surface area contributed by atoms with Gasteiger partial charge in [0.1, 0.15) is 11.5 Å². The Kier molecular flexibility index (Phi) is 5.95. The van der Waals surface area contributed by atoms with Crippen LogP contribution in [0.15, 0.2) is 29.9 Å². The van der Waals surface area contributed by atoms with Crippen LogP contribution in [0.4, 0.5) is 5.82 Å². The second-order valence-electron chi connectivity index (χ2n) is 7.74. The van der Waals surface area contributed by atoms with E-state index in [0.717, 1.165) is 41.9 Å². The number of anilines is 1. The van der Waals surface area contributed by atoms with Crippen molar-refractivity contribution in [1.82, 2.24) is 15.3 Å². The number of fused-ring (bicyclic) bond motifs is 1. The first kappa shape index (κ1) is 19.8. The van der Waals surface area contributed by atoms with Gasteiger partial charge in [-0.1, -0.05) is 13.2 Å². The SMILES string of the molecule is C=CN=C(C(=C)C)c1nc2c(c(N(C)CC(=O)NC(C)(C)C)n1)CCC2. The predicted octanol–water partition coefficient (Wildman–Crippen LogP) is 2.82. The fourth-order valence-corrected chi connectivity index (χ4v) is 3.03. The fraction of sp³-hybridized carbons (Fsp3) is 0.500. The number of carbonyl (C=O) groups excluding carboxylic acids is 1. The first-order valence-electron chi connectivity index (χ1n) is 8.89. The normalized spacial score (nSPS) is 14.0. The Morgan fingerprint density at radius 2 is 2.04 bits per heavy atom. The fourth-order valence-electron chi connectivity index (χ4n) is 3.03. The lowest BCUT2D eigenvalue weighted by Crippen LogP contribution is -2.45. The highest BCUT2D eigenvalue weighted by molar-refractivity contribution is 6.10. The minimum absolute atomic E-state index is 0.0354. The molecule has 0 saturated carbocycles. The van der Waals surface area contributed by atoms with E-state index in [1.807, 2.05) is 39.6 Å². The molecule has 6 nitrogen and oxygen atoms in total. The number of amides is 1. The van der Waals surface area contributed by atoms with Gasteiger partial charge in [0.2, 0.25) is 5.91 Å². The Hall–Kier alpha value is -2.50. The molecule has 6 heteroatoms. The van der Waals surface area contributed by atoms with E-state index in [0.29, 0.717) is 11.5 Å². The number of aromatic nitrogens is 2. The van der Waals surface area contributed by atoms with E-state index in [9.17, 15) is 4.79 Å². The molecule has 140 valence electrons. The summed E-state index contributed by atoms with van der Waals surface area (Å²) in [5.74, 6) is 1.30. The molecule has 1 amide bonds.